The molecule has 0 aromatic carbocycles. The first-order valence-electron chi connectivity index (χ1n) is 6.78. The Labute approximate surface area is 126 Å². The standard InChI is InChI=1S/C14H17N5OS/c1-10-5-16-19(7-10)8-11(2)15-6-13-17-14(18-20-13)12-3-4-21-9-12/h3-5,7,9,11,15H,6,8H2,1-2H3. The van der Waals surface area contributed by atoms with E-state index in [1.165, 1.54) is 5.56 Å². The van der Waals surface area contributed by atoms with Gasteiger partial charge < -0.3 is 9.84 Å². The Morgan fingerprint density at radius 1 is 1.48 bits per heavy atom. The number of nitrogens with zero attached hydrogens (tertiary/aromatic N) is 4. The number of aromatic nitrogens is 4. The Kier molecular flexibility index (Phi) is 4.12. The maximum absolute atomic E-state index is 5.25. The molecule has 1 N–H and O–H groups in total. The highest BCUT2D eigenvalue weighted by Gasteiger charge is 2.10. The van der Waals surface area contributed by atoms with Gasteiger partial charge in [0.25, 0.3) is 0 Å². The van der Waals surface area contributed by atoms with Crippen LogP contribution in [0.4, 0.5) is 0 Å². The van der Waals surface area contributed by atoms with E-state index < -0.39 is 0 Å². The Morgan fingerprint density at radius 2 is 2.38 bits per heavy atom. The molecule has 0 saturated heterocycles. The molecule has 110 valence electrons. The molecule has 1 atom stereocenters. The van der Waals surface area contributed by atoms with Gasteiger partial charge in [0.05, 0.1) is 19.3 Å². The van der Waals surface area contributed by atoms with Crippen molar-refractivity contribution in [1.82, 2.24) is 25.2 Å². The van der Waals surface area contributed by atoms with Crippen LogP contribution >= 0.6 is 11.3 Å². The third-order valence-electron chi connectivity index (χ3n) is 3.07. The van der Waals surface area contributed by atoms with E-state index in [4.69, 9.17) is 4.52 Å². The van der Waals surface area contributed by atoms with Gasteiger partial charge in [-0.1, -0.05) is 5.16 Å². The van der Waals surface area contributed by atoms with E-state index in [9.17, 15) is 0 Å². The second-order valence-electron chi connectivity index (χ2n) is 5.05. The van der Waals surface area contributed by atoms with Crippen LogP contribution in [0, 0.1) is 6.92 Å². The smallest absolute Gasteiger partial charge is 0.240 e. The third-order valence-corrected chi connectivity index (χ3v) is 3.76. The lowest BCUT2D eigenvalue weighted by Gasteiger charge is -2.11. The summed E-state index contributed by atoms with van der Waals surface area (Å²) in [7, 11) is 0. The molecule has 7 heteroatoms. The van der Waals surface area contributed by atoms with Gasteiger partial charge in [0, 0.05) is 23.2 Å². The second-order valence-corrected chi connectivity index (χ2v) is 5.83. The van der Waals surface area contributed by atoms with Crippen LogP contribution in [0.3, 0.4) is 0 Å². The fraction of sp³-hybridized carbons (Fsp3) is 0.357. The highest BCUT2D eigenvalue weighted by atomic mass is 32.1. The lowest BCUT2D eigenvalue weighted by Crippen LogP contribution is -2.30. The molecular weight excluding hydrogens is 286 g/mol. The summed E-state index contributed by atoms with van der Waals surface area (Å²) in [6, 6.07) is 2.25. The molecule has 0 bridgehead atoms. The summed E-state index contributed by atoms with van der Waals surface area (Å²) >= 11 is 1.62. The van der Waals surface area contributed by atoms with Crippen molar-refractivity contribution < 1.29 is 4.52 Å². The van der Waals surface area contributed by atoms with E-state index in [1.807, 2.05) is 40.8 Å². The first-order valence-corrected chi connectivity index (χ1v) is 7.72. The van der Waals surface area contributed by atoms with Crippen molar-refractivity contribution in [2.45, 2.75) is 33.0 Å². The molecule has 0 aliphatic heterocycles. The highest BCUT2D eigenvalue weighted by molar-refractivity contribution is 7.08. The normalized spacial score (nSPS) is 12.7. The molecule has 3 rings (SSSR count). The van der Waals surface area contributed by atoms with E-state index in [0.29, 0.717) is 18.3 Å². The molecule has 0 spiro atoms. The van der Waals surface area contributed by atoms with Crippen molar-refractivity contribution >= 4 is 11.3 Å². The average Bonchev–Trinajstić information content (AvgIpc) is 3.17. The molecule has 1 unspecified atom stereocenters. The maximum Gasteiger partial charge on any atom is 0.240 e. The molecule has 0 aliphatic carbocycles. The molecule has 3 aromatic rings. The van der Waals surface area contributed by atoms with Crippen molar-refractivity contribution in [3.8, 4) is 11.4 Å². The maximum atomic E-state index is 5.25. The third kappa shape index (κ3) is 3.56. The SMILES string of the molecule is Cc1cnn(CC(C)NCc2nc(-c3ccsc3)no2)c1. The number of hydrogen-bond donors (Lipinski definition) is 1. The molecule has 0 aliphatic rings. The van der Waals surface area contributed by atoms with Crippen LogP contribution in [0.5, 0.6) is 0 Å². The van der Waals surface area contributed by atoms with E-state index in [0.717, 1.165) is 12.1 Å². The largest absolute Gasteiger partial charge is 0.338 e. The molecule has 21 heavy (non-hydrogen) atoms. The zero-order valence-corrected chi connectivity index (χ0v) is 12.8. The molecule has 6 nitrogen and oxygen atoms in total. The molecule has 0 saturated carbocycles. The lowest BCUT2D eigenvalue weighted by atomic mass is 10.3. The summed E-state index contributed by atoms with van der Waals surface area (Å²) < 4.78 is 7.18. The Hall–Kier alpha value is -1.99. The van der Waals surface area contributed by atoms with Crippen molar-refractivity contribution in [3.05, 3.63) is 40.7 Å². The Balaban J connectivity index is 1.53. The quantitative estimate of drug-likeness (QED) is 0.757. The average molecular weight is 303 g/mol. The van der Waals surface area contributed by atoms with Crippen LogP contribution in [0.2, 0.25) is 0 Å². The summed E-state index contributed by atoms with van der Waals surface area (Å²) in [5, 5.41) is 15.6. The lowest BCUT2D eigenvalue weighted by molar-refractivity contribution is 0.350. The van der Waals surface area contributed by atoms with Gasteiger partial charge in [-0.05, 0) is 30.9 Å². The van der Waals surface area contributed by atoms with Crippen LogP contribution in [0.15, 0.2) is 33.7 Å². The van der Waals surface area contributed by atoms with E-state index in [1.54, 1.807) is 11.3 Å². The van der Waals surface area contributed by atoms with Gasteiger partial charge in [0.2, 0.25) is 11.7 Å². The summed E-state index contributed by atoms with van der Waals surface area (Å²) in [6.45, 7) is 5.50. The van der Waals surface area contributed by atoms with Gasteiger partial charge in [-0.3, -0.25) is 4.68 Å². The molecule has 3 heterocycles. The number of aryl methyl sites for hydroxylation is 1. The van der Waals surface area contributed by atoms with Crippen LogP contribution in [-0.2, 0) is 13.1 Å². The topological polar surface area (TPSA) is 68.8 Å². The zero-order chi connectivity index (χ0) is 14.7. The van der Waals surface area contributed by atoms with Gasteiger partial charge >= 0.3 is 0 Å². The van der Waals surface area contributed by atoms with Crippen molar-refractivity contribution in [2.24, 2.45) is 0 Å². The van der Waals surface area contributed by atoms with Crippen LogP contribution in [0.25, 0.3) is 11.4 Å². The Morgan fingerprint density at radius 3 is 3.10 bits per heavy atom. The summed E-state index contributed by atoms with van der Waals surface area (Å²) in [6.07, 6.45) is 3.89. The minimum Gasteiger partial charge on any atom is -0.338 e. The number of hydrogen-bond acceptors (Lipinski definition) is 6. The van der Waals surface area contributed by atoms with E-state index >= 15 is 0 Å². The first-order chi connectivity index (χ1) is 10.2. The predicted octanol–water partition coefficient (Wildman–Crippen LogP) is 2.48. The van der Waals surface area contributed by atoms with Crippen molar-refractivity contribution in [2.75, 3.05) is 0 Å². The first kappa shape index (κ1) is 14.0. The van der Waals surface area contributed by atoms with Crippen LogP contribution in [-0.4, -0.2) is 26.0 Å². The van der Waals surface area contributed by atoms with Crippen molar-refractivity contribution in [3.63, 3.8) is 0 Å². The second kappa shape index (κ2) is 6.19. The summed E-state index contributed by atoms with van der Waals surface area (Å²) in [4.78, 5) is 4.38. The summed E-state index contributed by atoms with van der Waals surface area (Å²) in [5.74, 6) is 1.24. The van der Waals surface area contributed by atoms with Gasteiger partial charge in [-0.15, -0.1) is 0 Å². The number of rotatable bonds is 6. The monoisotopic (exact) mass is 303 g/mol. The van der Waals surface area contributed by atoms with Crippen molar-refractivity contribution in [1.29, 1.82) is 0 Å². The molecule has 3 aromatic heterocycles. The highest BCUT2D eigenvalue weighted by Crippen LogP contribution is 2.18. The fourth-order valence-corrected chi connectivity index (χ4v) is 2.64. The molecule has 0 fully saturated rings. The molecular formula is C14H17N5OS. The van der Waals surface area contributed by atoms with Gasteiger partial charge in [-0.2, -0.15) is 21.4 Å². The van der Waals surface area contributed by atoms with Gasteiger partial charge in [0.15, 0.2) is 0 Å². The van der Waals surface area contributed by atoms with Gasteiger partial charge in [0.1, 0.15) is 0 Å². The van der Waals surface area contributed by atoms with E-state index in [-0.39, 0.29) is 6.04 Å². The van der Waals surface area contributed by atoms with Gasteiger partial charge in [-0.25, -0.2) is 0 Å². The number of nitrogens with one attached hydrogen (secondary N) is 1. The Bertz CT molecular complexity index is 688. The molecule has 0 radical (unpaired) electrons. The number of thiophene rings is 1. The zero-order valence-electron chi connectivity index (χ0n) is 12.0. The van der Waals surface area contributed by atoms with Crippen LogP contribution in [0.1, 0.15) is 18.4 Å². The van der Waals surface area contributed by atoms with Crippen LogP contribution < -0.4 is 5.32 Å². The minimum atomic E-state index is 0.265. The fourth-order valence-electron chi connectivity index (χ4n) is 2.01. The predicted molar refractivity (Wildman–Crippen MR) is 80.9 cm³/mol. The molecule has 0 amide bonds. The summed E-state index contributed by atoms with van der Waals surface area (Å²) in [5.41, 5.74) is 2.16. The van der Waals surface area contributed by atoms with E-state index in [2.05, 4.69) is 27.5 Å². The minimum absolute atomic E-state index is 0.265.